The molecule has 3 rings (SSSR count). The predicted molar refractivity (Wildman–Crippen MR) is 138 cm³/mol. The van der Waals surface area contributed by atoms with Gasteiger partial charge in [-0.1, -0.05) is 61.5 Å². The fourth-order valence-electron chi connectivity index (χ4n) is 4.18. The molecule has 2 aromatic carbocycles. The summed E-state index contributed by atoms with van der Waals surface area (Å²) in [4.78, 5) is 29.4. The second-order valence-corrected chi connectivity index (χ2v) is 10.5. The van der Waals surface area contributed by atoms with Gasteiger partial charge in [0.15, 0.2) is 0 Å². The molecule has 2 amide bonds. The molecule has 0 aromatic heterocycles. The maximum absolute atomic E-state index is 13.3. The van der Waals surface area contributed by atoms with Gasteiger partial charge in [0.1, 0.15) is 6.04 Å². The number of carbonyl (C=O) groups is 2. The fourth-order valence-corrected chi connectivity index (χ4v) is 5.27. The molecule has 1 N–H and O–H groups in total. The van der Waals surface area contributed by atoms with Gasteiger partial charge in [0, 0.05) is 39.7 Å². The zero-order valence-corrected chi connectivity index (χ0v) is 21.4. The number of nitrogens with one attached hydrogen (secondary N) is 1. The van der Waals surface area contributed by atoms with Crippen molar-refractivity contribution in [2.45, 2.75) is 75.4 Å². The SMILES string of the molecule is CCC(C(=O)NC1CCCCC1)N(Cc1ccc(Cl)cc1)C(=O)CCSc1ccc(Cl)cc1. The molecule has 7 heteroatoms. The van der Waals surface area contributed by atoms with Gasteiger partial charge in [-0.15, -0.1) is 11.8 Å². The van der Waals surface area contributed by atoms with Crippen LogP contribution in [0.4, 0.5) is 0 Å². The van der Waals surface area contributed by atoms with E-state index >= 15 is 0 Å². The van der Waals surface area contributed by atoms with Gasteiger partial charge in [0.05, 0.1) is 0 Å². The maximum atomic E-state index is 13.3. The average molecular weight is 508 g/mol. The second kappa shape index (κ2) is 13.3. The Bertz CT molecular complexity index is 900. The van der Waals surface area contributed by atoms with E-state index in [1.165, 1.54) is 6.42 Å². The number of hydrogen-bond donors (Lipinski definition) is 1. The lowest BCUT2D eigenvalue weighted by molar-refractivity contribution is -0.141. The number of benzene rings is 2. The van der Waals surface area contributed by atoms with E-state index < -0.39 is 6.04 Å². The van der Waals surface area contributed by atoms with E-state index in [9.17, 15) is 9.59 Å². The molecular formula is C26H32Cl2N2O2S. The van der Waals surface area contributed by atoms with Crippen LogP contribution in [-0.2, 0) is 16.1 Å². The lowest BCUT2D eigenvalue weighted by Gasteiger charge is -2.33. The first-order chi connectivity index (χ1) is 16.0. The van der Waals surface area contributed by atoms with Crippen molar-refractivity contribution in [3.8, 4) is 0 Å². The molecule has 1 saturated carbocycles. The first-order valence-electron chi connectivity index (χ1n) is 11.7. The lowest BCUT2D eigenvalue weighted by Crippen LogP contribution is -2.51. The molecule has 1 unspecified atom stereocenters. The first kappa shape index (κ1) is 25.9. The Morgan fingerprint density at radius 2 is 1.61 bits per heavy atom. The third-order valence-corrected chi connectivity index (χ3v) is 7.52. The van der Waals surface area contributed by atoms with E-state index in [1.807, 2.05) is 55.5 Å². The Morgan fingerprint density at radius 3 is 2.21 bits per heavy atom. The van der Waals surface area contributed by atoms with Crippen LogP contribution in [0, 0.1) is 0 Å². The van der Waals surface area contributed by atoms with Crippen molar-refractivity contribution < 1.29 is 9.59 Å². The Kier molecular flexibility index (Phi) is 10.4. The number of hydrogen-bond acceptors (Lipinski definition) is 3. The molecule has 2 aromatic rings. The number of carbonyl (C=O) groups excluding carboxylic acids is 2. The molecule has 178 valence electrons. The van der Waals surface area contributed by atoms with Crippen molar-refractivity contribution in [3.63, 3.8) is 0 Å². The van der Waals surface area contributed by atoms with Gasteiger partial charge in [-0.05, 0) is 61.2 Å². The molecule has 0 aliphatic heterocycles. The Morgan fingerprint density at radius 1 is 1.00 bits per heavy atom. The summed E-state index contributed by atoms with van der Waals surface area (Å²) in [6, 6.07) is 14.8. The number of amides is 2. The van der Waals surface area contributed by atoms with Crippen LogP contribution in [-0.4, -0.2) is 34.6 Å². The third kappa shape index (κ3) is 8.24. The minimum absolute atomic E-state index is 0.0166. The van der Waals surface area contributed by atoms with Crippen LogP contribution in [0.15, 0.2) is 53.4 Å². The molecule has 33 heavy (non-hydrogen) atoms. The van der Waals surface area contributed by atoms with Crippen LogP contribution >= 0.6 is 35.0 Å². The lowest BCUT2D eigenvalue weighted by atomic mass is 9.95. The van der Waals surface area contributed by atoms with Gasteiger partial charge in [0.2, 0.25) is 11.8 Å². The number of thioether (sulfide) groups is 1. The van der Waals surface area contributed by atoms with Gasteiger partial charge in [-0.25, -0.2) is 0 Å². The van der Waals surface area contributed by atoms with Gasteiger partial charge in [-0.2, -0.15) is 0 Å². The summed E-state index contributed by atoms with van der Waals surface area (Å²) >= 11 is 13.6. The summed E-state index contributed by atoms with van der Waals surface area (Å²) < 4.78 is 0. The van der Waals surface area contributed by atoms with Crippen LogP contribution < -0.4 is 5.32 Å². The molecule has 0 spiro atoms. The normalized spacial score (nSPS) is 15.1. The molecule has 1 atom stereocenters. The quantitative estimate of drug-likeness (QED) is 0.363. The highest BCUT2D eigenvalue weighted by molar-refractivity contribution is 7.99. The standard InChI is InChI=1S/C26H32Cl2N2O2S/c1-2-24(26(32)29-22-6-4-3-5-7-22)30(18-19-8-10-20(27)11-9-19)25(31)16-17-33-23-14-12-21(28)13-15-23/h8-15,22,24H,2-7,16-18H2,1H3,(H,29,32). The summed E-state index contributed by atoms with van der Waals surface area (Å²) in [7, 11) is 0. The van der Waals surface area contributed by atoms with Crippen LogP contribution in [0.1, 0.15) is 57.4 Å². The summed E-state index contributed by atoms with van der Waals surface area (Å²) in [5, 5.41) is 4.56. The minimum Gasteiger partial charge on any atom is -0.352 e. The monoisotopic (exact) mass is 506 g/mol. The van der Waals surface area contributed by atoms with E-state index in [-0.39, 0.29) is 17.9 Å². The van der Waals surface area contributed by atoms with E-state index in [2.05, 4.69) is 5.32 Å². The summed E-state index contributed by atoms with van der Waals surface area (Å²) in [6.45, 7) is 2.36. The number of halogens is 2. The molecule has 1 aliphatic carbocycles. The minimum atomic E-state index is -0.490. The van der Waals surface area contributed by atoms with E-state index in [0.717, 1.165) is 36.1 Å². The van der Waals surface area contributed by atoms with E-state index in [1.54, 1.807) is 16.7 Å². The van der Waals surface area contributed by atoms with E-state index in [0.29, 0.717) is 35.2 Å². The van der Waals surface area contributed by atoms with Crippen molar-refractivity contribution >= 4 is 46.8 Å². The highest BCUT2D eigenvalue weighted by atomic mass is 35.5. The summed E-state index contributed by atoms with van der Waals surface area (Å²) in [6.07, 6.45) is 6.50. The van der Waals surface area contributed by atoms with Crippen molar-refractivity contribution in [2.75, 3.05) is 5.75 Å². The number of nitrogens with zero attached hydrogens (tertiary/aromatic N) is 1. The van der Waals surface area contributed by atoms with Crippen LogP contribution in [0.3, 0.4) is 0 Å². The van der Waals surface area contributed by atoms with Crippen molar-refractivity contribution in [1.82, 2.24) is 10.2 Å². The van der Waals surface area contributed by atoms with Gasteiger partial charge in [0.25, 0.3) is 0 Å². The van der Waals surface area contributed by atoms with Gasteiger partial charge >= 0.3 is 0 Å². The molecule has 4 nitrogen and oxygen atoms in total. The fraction of sp³-hybridized carbons (Fsp3) is 0.462. The zero-order valence-electron chi connectivity index (χ0n) is 19.1. The largest absolute Gasteiger partial charge is 0.352 e. The molecule has 0 bridgehead atoms. The Labute approximate surface area is 211 Å². The highest BCUT2D eigenvalue weighted by Crippen LogP contribution is 2.23. The summed E-state index contributed by atoms with van der Waals surface area (Å²) in [5.74, 6) is 0.576. The van der Waals surface area contributed by atoms with Crippen molar-refractivity contribution in [2.24, 2.45) is 0 Å². The molecular weight excluding hydrogens is 475 g/mol. The summed E-state index contributed by atoms with van der Waals surface area (Å²) in [5.41, 5.74) is 0.960. The Hall–Kier alpha value is -1.69. The van der Waals surface area contributed by atoms with Crippen LogP contribution in [0.2, 0.25) is 10.0 Å². The average Bonchev–Trinajstić information content (AvgIpc) is 2.82. The topological polar surface area (TPSA) is 49.4 Å². The highest BCUT2D eigenvalue weighted by Gasteiger charge is 2.30. The first-order valence-corrected chi connectivity index (χ1v) is 13.4. The molecule has 0 heterocycles. The maximum Gasteiger partial charge on any atom is 0.243 e. The van der Waals surface area contributed by atoms with Crippen molar-refractivity contribution in [3.05, 3.63) is 64.1 Å². The van der Waals surface area contributed by atoms with Gasteiger partial charge in [-0.3, -0.25) is 9.59 Å². The number of rotatable bonds is 10. The smallest absolute Gasteiger partial charge is 0.243 e. The molecule has 0 radical (unpaired) electrons. The third-order valence-electron chi connectivity index (χ3n) is 6.00. The van der Waals surface area contributed by atoms with E-state index in [4.69, 9.17) is 23.2 Å². The Balaban J connectivity index is 1.68. The van der Waals surface area contributed by atoms with Crippen LogP contribution in [0.5, 0.6) is 0 Å². The van der Waals surface area contributed by atoms with Gasteiger partial charge < -0.3 is 10.2 Å². The second-order valence-electron chi connectivity index (χ2n) is 8.47. The van der Waals surface area contributed by atoms with Crippen LogP contribution in [0.25, 0.3) is 0 Å². The molecule has 0 saturated heterocycles. The zero-order chi connectivity index (χ0) is 23.6. The molecule has 1 fully saturated rings. The predicted octanol–water partition coefficient (Wildman–Crippen LogP) is 6.73. The van der Waals surface area contributed by atoms with Crippen molar-refractivity contribution in [1.29, 1.82) is 0 Å². The molecule has 1 aliphatic rings.